The number of thiophene rings is 1. The van der Waals surface area contributed by atoms with Crippen molar-refractivity contribution in [2.24, 2.45) is 5.14 Å². The average molecular weight is 378 g/mol. The maximum atomic E-state index is 12.7. The Bertz CT molecular complexity index is 860. The van der Waals surface area contributed by atoms with Gasteiger partial charge in [0.2, 0.25) is 10.0 Å². The fourth-order valence-corrected chi connectivity index (χ4v) is 3.52. The fraction of sp³-hybridized carbons (Fsp3) is 0.214. The monoisotopic (exact) mass is 378 g/mol. The van der Waals surface area contributed by atoms with Crippen LogP contribution in [0, 0.1) is 0 Å². The Kier molecular flexibility index (Phi) is 5.02. The number of nitrogens with two attached hydrogens (primary N) is 1. The number of nitrogens with one attached hydrogen (secondary N) is 1. The van der Waals surface area contributed by atoms with E-state index >= 15 is 0 Å². The first-order chi connectivity index (χ1) is 11.0. The molecule has 1 heterocycles. The number of amides is 1. The van der Waals surface area contributed by atoms with Crippen molar-refractivity contribution in [3.63, 3.8) is 0 Å². The van der Waals surface area contributed by atoms with Crippen molar-refractivity contribution in [1.29, 1.82) is 0 Å². The molecule has 5 nitrogen and oxygen atoms in total. The number of rotatable bonds is 4. The minimum Gasteiger partial charge on any atom is -0.345 e. The zero-order valence-corrected chi connectivity index (χ0v) is 13.9. The van der Waals surface area contributed by atoms with Gasteiger partial charge in [-0.3, -0.25) is 4.79 Å². The maximum absolute atomic E-state index is 12.7. The van der Waals surface area contributed by atoms with Gasteiger partial charge in [-0.25, -0.2) is 13.6 Å². The van der Waals surface area contributed by atoms with Crippen LogP contribution in [-0.2, 0) is 16.2 Å². The van der Waals surface area contributed by atoms with E-state index in [4.69, 9.17) is 5.14 Å². The molecule has 0 saturated heterocycles. The van der Waals surface area contributed by atoms with Gasteiger partial charge < -0.3 is 5.32 Å². The number of primary sulfonamides is 1. The Morgan fingerprint density at radius 3 is 2.50 bits per heavy atom. The van der Waals surface area contributed by atoms with Gasteiger partial charge in [0.15, 0.2) is 0 Å². The van der Waals surface area contributed by atoms with Crippen LogP contribution < -0.4 is 10.5 Å². The van der Waals surface area contributed by atoms with Crippen molar-refractivity contribution in [3.05, 3.63) is 52.4 Å². The van der Waals surface area contributed by atoms with E-state index in [-0.39, 0.29) is 15.3 Å². The van der Waals surface area contributed by atoms with Gasteiger partial charge in [-0.15, -0.1) is 11.3 Å². The number of carbonyl (C=O) groups excluding carboxylic acids is 1. The standard InChI is InChI=1S/C14H13F3N2O3S2/c1-8(9-3-2-4-11(5-9)14(15,16)17)19-13(20)10-6-12(23-7-10)24(18,21)22/h2-8H,1H3,(H,19,20)(H2,18,21,22). The van der Waals surface area contributed by atoms with Gasteiger partial charge in [-0.05, 0) is 30.7 Å². The van der Waals surface area contributed by atoms with Gasteiger partial charge >= 0.3 is 6.18 Å². The highest BCUT2D eigenvalue weighted by molar-refractivity contribution is 7.91. The average Bonchev–Trinajstić information content (AvgIpc) is 2.96. The molecule has 3 N–H and O–H groups in total. The first kappa shape index (κ1) is 18.4. The Morgan fingerprint density at radius 1 is 1.29 bits per heavy atom. The largest absolute Gasteiger partial charge is 0.416 e. The van der Waals surface area contributed by atoms with E-state index in [1.165, 1.54) is 24.4 Å². The lowest BCUT2D eigenvalue weighted by Crippen LogP contribution is -2.26. The van der Waals surface area contributed by atoms with E-state index in [1.807, 2.05) is 0 Å². The van der Waals surface area contributed by atoms with Crippen LogP contribution in [0.25, 0.3) is 0 Å². The van der Waals surface area contributed by atoms with Crippen LogP contribution in [0.1, 0.15) is 34.5 Å². The van der Waals surface area contributed by atoms with E-state index in [9.17, 15) is 26.4 Å². The Hall–Kier alpha value is -1.91. The van der Waals surface area contributed by atoms with Gasteiger partial charge in [0.25, 0.3) is 5.91 Å². The molecular formula is C14H13F3N2O3S2. The molecule has 0 radical (unpaired) electrons. The lowest BCUT2D eigenvalue weighted by atomic mass is 10.0. The molecular weight excluding hydrogens is 365 g/mol. The molecule has 0 aliphatic carbocycles. The van der Waals surface area contributed by atoms with Crippen molar-refractivity contribution in [2.45, 2.75) is 23.4 Å². The van der Waals surface area contributed by atoms with Crippen LogP contribution in [0.3, 0.4) is 0 Å². The van der Waals surface area contributed by atoms with E-state index < -0.39 is 33.7 Å². The molecule has 130 valence electrons. The maximum Gasteiger partial charge on any atom is 0.416 e. The normalized spacial score (nSPS) is 13.5. The number of halogens is 3. The molecule has 24 heavy (non-hydrogen) atoms. The van der Waals surface area contributed by atoms with Gasteiger partial charge in [0.1, 0.15) is 4.21 Å². The van der Waals surface area contributed by atoms with Crippen molar-refractivity contribution in [1.82, 2.24) is 5.32 Å². The highest BCUT2D eigenvalue weighted by atomic mass is 32.2. The highest BCUT2D eigenvalue weighted by Crippen LogP contribution is 2.30. The van der Waals surface area contributed by atoms with Crippen LogP contribution in [0.4, 0.5) is 13.2 Å². The molecule has 1 aromatic carbocycles. The van der Waals surface area contributed by atoms with Crippen LogP contribution in [0.2, 0.25) is 0 Å². The smallest absolute Gasteiger partial charge is 0.345 e. The topological polar surface area (TPSA) is 89.3 Å². The first-order valence-corrected chi connectivity index (χ1v) is 9.00. The molecule has 2 rings (SSSR count). The fourth-order valence-electron chi connectivity index (χ4n) is 1.93. The lowest BCUT2D eigenvalue weighted by Gasteiger charge is -2.16. The molecule has 0 aliphatic heterocycles. The summed E-state index contributed by atoms with van der Waals surface area (Å²) in [7, 11) is -3.90. The molecule has 2 aromatic rings. The molecule has 1 unspecified atom stereocenters. The van der Waals surface area contributed by atoms with Crippen molar-refractivity contribution in [3.8, 4) is 0 Å². The summed E-state index contributed by atoms with van der Waals surface area (Å²) in [4.78, 5) is 12.1. The number of sulfonamides is 1. The van der Waals surface area contributed by atoms with Gasteiger partial charge in [-0.1, -0.05) is 12.1 Å². The number of carbonyl (C=O) groups is 1. The van der Waals surface area contributed by atoms with Crippen LogP contribution in [-0.4, -0.2) is 14.3 Å². The van der Waals surface area contributed by atoms with Gasteiger partial charge in [0, 0.05) is 5.38 Å². The van der Waals surface area contributed by atoms with Crippen molar-refractivity contribution in [2.75, 3.05) is 0 Å². The van der Waals surface area contributed by atoms with Crippen molar-refractivity contribution < 1.29 is 26.4 Å². The molecule has 1 aromatic heterocycles. The number of hydrogen-bond acceptors (Lipinski definition) is 4. The lowest BCUT2D eigenvalue weighted by molar-refractivity contribution is -0.137. The summed E-state index contributed by atoms with van der Waals surface area (Å²) in [5.41, 5.74) is -0.462. The third-order valence-corrected chi connectivity index (χ3v) is 5.57. The third-order valence-electron chi connectivity index (χ3n) is 3.18. The zero-order chi connectivity index (χ0) is 18.1. The minimum absolute atomic E-state index is 0.0721. The third kappa shape index (κ3) is 4.34. The second-order valence-corrected chi connectivity index (χ2v) is 7.72. The van der Waals surface area contributed by atoms with E-state index in [0.717, 1.165) is 29.5 Å². The molecule has 0 fully saturated rings. The first-order valence-electron chi connectivity index (χ1n) is 6.58. The van der Waals surface area contributed by atoms with Crippen LogP contribution in [0.5, 0.6) is 0 Å². The molecule has 0 spiro atoms. The Balaban J connectivity index is 2.16. The van der Waals surface area contributed by atoms with Crippen LogP contribution in [0.15, 0.2) is 39.9 Å². The molecule has 0 aliphatic rings. The predicted octanol–water partition coefficient (Wildman–Crippen LogP) is 2.91. The van der Waals surface area contributed by atoms with E-state index in [1.54, 1.807) is 0 Å². The number of hydrogen-bond donors (Lipinski definition) is 2. The summed E-state index contributed by atoms with van der Waals surface area (Å²) >= 11 is 0.791. The van der Waals surface area contributed by atoms with Gasteiger partial charge in [0.05, 0.1) is 17.2 Å². The van der Waals surface area contributed by atoms with E-state index in [2.05, 4.69) is 5.32 Å². The van der Waals surface area contributed by atoms with Crippen LogP contribution >= 0.6 is 11.3 Å². The molecule has 10 heteroatoms. The Morgan fingerprint density at radius 2 is 1.96 bits per heavy atom. The summed E-state index contributed by atoms with van der Waals surface area (Å²) in [5, 5.41) is 8.80. The summed E-state index contributed by atoms with van der Waals surface area (Å²) in [5.74, 6) is -0.605. The minimum atomic E-state index is -4.47. The molecule has 1 atom stereocenters. The highest BCUT2D eigenvalue weighted by Gasteiger charge is 2.30. The zero-order valence-electron chi connectivity index (χ0n) is 12.3. The quantitative estimate of drug-likeness (QED) is 0.857. The van der Waals surface area contributed by atoms with Gasteiger partial charge in [-0.2, -0.15) is 13.2 Å². The second-order valence-electron chi connectivity index (χ2n) is 5.02. The molecule has 0 saturated carbocycles. The Labute approximate surface area is 140 Å². The van der Waals surface area contributed by atoms with E-state index in [0.29, 0.717) is 0 Å². The SMILES string of the molecule is CC(NC(=O)c1csc(S(N)(=O)=O)c1)c1cccc(C(F)(F)F)c1. The molecule has 0 bridgehead atoms. The summed E-state index contributed by atoms with van der Waals surface area (Å²) in [6, 6.07) is 5.03. The predicted molar refractivity (Wildman–Crippen MR) is 83.0 cm³/mol. The second kappa shape index (κ2) is 6.54. The summed E-state index contributed by atoms with van der Waals surface area (Å²) in [6.45, 7) is 1.53. The molecule has 1 amide bonds. The number of alkyl halides is 3. The summed E-state index contributed by atoms with van der Waals surface area (Å²) in [6.07, 6.45) is -4.47. The summed E-state index contributed by atoms with van der Waals surface area (Å²) < 4.78 is 60.4. The number of benzene rings is 1. The van der Waals surface area contributed by atoms with Crippen molar-refractivity contribution >= 4 is 27.3 Å².